The van der Waals surface area contributed by atoms with E-state index in [1.54, 1.807) is 36.4 Å². The summed E-state index contributed by atoms with van der Waals surface area (Å²) in [6.07, 6.45) is 1.64. The number of thiophene rings is 1. The maximum atomic E-state index is 12.9. The standard InChI is InChI=1S/C22H19ClN2O3S/c1-14-5-7-15(8-6-14)21(26)25-19(13-17-4-3-11-29-17)22(27)24-16-9-10-20(28-2)18(23)12-16/h3-13H,1-2H3,(H,24,27)(H,25,26)/b19-13-. The minimum absolute atomic E-state index is 0.130. The van der Waals surface area contributed by atoms with E-state index < -0.39 is 5.91 Å². The van der Waals surface area contributed by atoms with E-state index in [-0.39, 0.29) is 11.6 Å². The average molecular weight is 427 g/mol. The van der Waals surface area contributed by atoms with Crippen LogP contribution in [0.5, 0.6) is 5.75 Å². The summed E-state index contributed by atoms with van der Waals surface area (Å²) in [5, 5.41) is 7.73. The first-order valence-electron chi connectivity index (χ1n) is 8.74. The molecule has 0 fully saturated rings. The van der Waals surface area contributed by atoms with Gasteiger partial charge in [-0.05, 0) is 54.8 Å². The predicted molar refractivity (Wildman–Crippen MR) is 118 cm³/mol. The second kappa shape index (κ2) is 9.41. The normalized spacial score (nSPS) is 11.1. The van der Waals surface area contributed by atoms with Gasteiger partial charge >= 0.3 is 0 Å². The van der Waals surface area contributed by atoms with Gasteiger partial charge in [0.25, 0.3) is 11.8 Å². The van der Waals surface area contributed by atoms with Crippen molar-refractivity contribution >= 4 is 46.5 Å². The van der Waals surface area contributed by atoms with E-state index >= 15 is 0 Å². The first-order valence-corrected chi connectivity index (χ1v) is 10.00. The van der Waals surface area contributed by atoms with Crippen molar-refractivity contribution in [3.63, 3.8) is 0 Å². The monoisotopic (exact) mass is 426 g/mol. The van der Waals surface area contributed by atoms with Crippen molar-refractivity contribution in [2.24, 2.45) is 0 Å². The largest absolute Gasteiger partial charge is 0.495 e. The van der Waals surface area contributed by atoms with Crippen molar-refractivity contribution in [3.8, 4) is 5.75 Å². The van der Waals surface area contributed by atoms with Crippen molar-refractivity contribution in [1.82, 2.24) is 5.32 Å². The molecule has 0 unspecified atom stereocenters. The quantitative estimate of drug-likeness (QED) is 0.537. The third-order valence-electron chi connectivity index (χ3n) is 4.05. The van der Waals surface area contributed by atoms with Crippen LogP contribution in [0, 0.1) is 6.92 Å². The minimum atomic E-state index is -0.458. The molecule has 29 heavy (non-hydrogen) atoms. The molecule has 0 atom stereocenters. The van der Waals surface area contributed by atoms with Gasteiger partial charge in [0.15, 0.2) is 0 Å². The molecular formula is C22H19ClN2O3S. The maximum absolute atomic E-state index is 12.9. The lowest BCUT2D eigenvalue weighted by Gasteiger charge is -2.12. The van der Waals surface area contributed by atoms with E-state index in [0.29, 0.717) is 22.0 Å². The van der Waals surface area contributed by atoms with Crippen molar-refractivity contribution < 1.29 is 14.3 Å². The molecule has 2 amide bonds. The fourth-order valence-electron chi connectivity index (χ4n) is 2.52. The first-order chi connectivity index (χ1) is 14.0. The number of anilines is 1. The Balaban J connectivity index is 1.83. The summed E-state index contributed by atoms with van der Waals surface area (Å²) in [6, 6.07) is 15.8. The van der Waals surface area contributed by atoms with E-state index in [0.717, 1.165) is 10.4 Å². The second-order valence-electron chi connectivity index (χ2n) is 6.20. The molecule has 1 heterocycles. The number of hydrogen-bond acceptors (Lipinski definition) is 4. The highest BCUT2D eigenvalue weighted by atomic mass is 35.5. The third-order valence-corrected chi connectivity index (χ3v) is 5.16. The van der Waals surface area contributed by atoms with Crippen LogP contribution in [0.25, 0.3) is 6.08 Å². The number of halogens is 1. The summed E-state index contributed by atoms with van der Waals surface area (Å²) in [5.74, 6) is -0.317. The van der Waals surface area contributed by atoms with Gasteiger partial charge < -0.3 is 15.4 Å². The van der Waals surface area contributed by atoms with Gasteiger partial charge in [-0.25, -0.2) is 0 Å². The Morgan fingerprint density at radius 3 is 2.48 bits per heavy atom. The fourth-order valence-corrected chi connectivity index (χ4v) is 3.43. The number of benzene rings is 2. The topological polar surface area (TPSA) is 67.4 Å². The van der Waals surface area contributed by atoms with Gasteiger partial charge in [0, 0.05) is 16.1 Å². The number of aryl methyl sites for hydroxylation is 1. The van der Waals surface area contributed by atoms with Gasteiger partial charge in [-0.15, -0.1) is 11.3 Å². The number of hydrogen-bond donors (Lipinski definition) is 2. The van der Waals surface area contributed by atoms with Crippen molar-refractivity contribution in [1.29, 1.82) is 0 Å². The number of rotatable bonds is 6. The molecular weight excluding hydrogens is 408 g/mol. The average Bonchev–Trinajstić information content (AvgIpc) is 3.21. The van der Waals surface area contributed by atoms with E-state index in [1.807, 2.05) is 36.6 Å². The third kappa shape index (κ3) is 5.47. The highest BCUT2D eigenvalue weighted by Crippen LogP contribution is 2.27. The molecule has 0 radical (unpaired) electrons. The Labute approximate surface area is 178 Å². The van der Waals surface area contributed by atoms with Crippen LogP contribution in [0.3, 0.4) is 0 Å². The summed E-state index contributed by atoms with van der Waals surface area (Å²) in [5.41, 5.74) is 2.13. The zero-order valence-electron chi connectivity index (χ0n) is 15.9. The first kappa shape index (κ1) is 20.6. The lowest BCUT2D eigenvalue weighted by molar-refractivity contribution is -0.113. The molecule has 0 saturated heterocycles. The van der Waals surface area contributed by atoms with Crippen molar-refractivity contribution in [3.05, 3.63) is 86.7 Å². The lowest BCUT2D eigenvalue weighted by atomic mass is 10.1. The molecule has 1 aromatic heterocycles. The van der Waals surface area contributed by atoms with Crippen LogP contribution in [0.4, 0.5) is 5.69 Å². The van der Waals surface area contributed by atoms with Gasteiger partial charge in [0.05, 0.1) is 12.1 Å². The highest BCUT2D eigenvalue weighted by Gasteiger charge is 2.16. The number of carbonyl (C=O) groups excluding carboxylic acids is 2. The zero-order chi connectivity index (χ0) is 20.8. The van der Waals surface area contributed by atoms with E-state index in [1.165, 1.54) is 18.4 Å². The van der Waals surface area contributed by atoms with Gasteiger partial charge in [-0.2, -0.15) is 0 Å². The number of ether oxygens (including phenoxy) is 1. The number of nitrogens with one attached hydrogen (secondary N) is 2. The van der Waals surface area contributed by atoms with Gasteiger partial charge in [-0.3, -0.25) is 9.59 Å². The fraction of sp³-hybridized carbons (Fsp3) is 0.0909. The van der Waals surface area contributed by atoms with Crippen molar-refractivity contribution in [2.75, 3.05) is 12.4 Å². The number of carbonyl (C=O) groups is 2. The lowest BCUT2D eigenvalue weighted by Crippen LogP contribution is -2.30. The van der Waals surface area contributed by atoms with Gasteiger partial charge in [0.2, 0.25) is 0 Å². The molecule has 7 heteroatoms. The predicted octanol–water partition coefficient (Wildman–Crippen LogP) is 5.13. The SMILES string of the molecule is COc1ccc(NC(=O)/C(=C/c2cccs2)NC(=O)c2ccc(C)cc2)cc1Cl. The van der Waals surface area contributed by atoms with Crippen LogP contribution in [0.1, 0.15) is 20.8 Å². The molecule has 2 N–H and O–H groups in total. The Kier molecular flexibility index (Phi) is 6.69. The summed E-state index contributed by atoms with van der Waals surface area (Å²) in [6.45, 7) is 1.94. The van der Waals surface area contributed by atoms with Crippen LogP contribution >= 0.6 is 22.9 Å². The molecule has 0 bridgehead atoms. The summed E-state index contributed by atoms with van der Waals surface area (Å²) in [4.78, 5) is 26.3. The zero-order valence-corrected chi connectivity index (χ0v) is 17.4. The summed E-state index contributed by atoms with van der Waals surface area (Å²) < 4.78 is 5.12. The Bertz CT molecular complexity index is 1040. The van der Waals surface area contributed by atoms with Crippen LogP contribution in [-0.4, -0.2) is 18.9 Å². The van der Waals surface area contributed by atoms with E-state index in [4.69, 9.17) is 16.3 Å². The van der Waals surface area contributed by atoms with Crippen LogP contribution < -0.4 is 15.4 Å². The minimum Gasteiger partial charge on any atom is -0.495 e. The van der Waals surface area contributed by atoms with Crippen LogP contribution in [-0.2, 0) is 4.79 Å². The maximum Gasteiger partial charge on any atom is 0.272 e. The molecule has 5 nitrogen and oxygen atoms in total. The number of methoxy groups -OCH3 is 1. The molecule has 0 aliphatic rings. The molecule has 2 aromatic carbocycles. The van der Waals surface area contributed by atoms with Gasteiger partial charge in [-0.1, -0.05) is 35.4 Å². The van der Waals surface area contributed by atoms with E-state index in [9.17, 15) is 9.59 Å². The molecule has 3 rings (SSSR count). The molecule has 3 aromatic rings. The molecule has 148 valence electrons. The second-order valence-corrected chi connectivity index (χ2v) is 7.58. The molecule has 0 aliphatic carbocycles. The van der Waals surface area contributed by atoms with Crippen molar-refractivity contribution in [2.45, 2.75) is 6.92 Å². The molecule has 0 spiro atoms. The number of amides is 2. The van der Waals surface area contributed by atoms with Gasteiger partial charge in [0.1, 0.15) is 11.4 Å². The van der Waals surface area contributed by atoms with E-state index in [2.05, 4.69) is 10.6 Å². The molecule has 0 aliphatic heterocycles. The smallest absolute Gasteiger partial charge is 0.272 e. The summed E-state index contributed by atoms with van der Waals surface area (Å²) >= 11 is 7.59. The van der Waals surface area contributed by atoms with Crippen LogP contribution in [0.2, 0.25) is 5.02 Å². The Morgan fingerprint density at radius 2 is 1.86 bits per heavy atom. The Hall–Kier alpha value is -3.09. The Morgan fingerprint density at radius 1 is 1.10 bits per heavy atom. The van der Waals surface area contributed by atoms with Crippen LogP contribution in [0.15, 0.2) is 65.7 Å². The molecule has 0 saturated carbocycles. The summed E-state index contributed by atoms with van der Waals surface area (Å²) in [7, 11) is 1.52. The highest BCUT2D eigenvalue weighted by molar-refractivity contribution is 7.10.